The molecule has 58 valence electrons. The Hall–Kier alpha value is -0.610. The molecule has 0 radical (unpaired) electrons. The molecular weight excluding hydrogens is 134 g/mol. The number of nitrogens with zero attached hydrogens (tertiary/aromatic N) is 1. The third-order valence-corrected chi connectivity index (χ3v) is 1.62. The predicted molar refractivity (Wildman–Crippen MR) is 34.5 cm³/mol. The van der Waals surface area contributed by atoms with Gasteiger partial charge in [-0.1, -0.05) is 0 Å². The molecule has 1 fully saturated rings. The van der Waals surface area contributed by atoms with Gasteiger partial charge in [0.1, 0.15) is 0 Å². The zero-order chi connectivity index (χ0) is 7.40. The average molecular weight is 145 g/mol. The van der Waals surface area contributed by atoms with Gasteiger partial charge in [0.05, 0.1) is 25.9 Å². The molecule has 0 aromatic carbocycles. The van der Waals surface area contributed by atoms with Crippen LogP contribution in [0.4, 0.5) is 0 Å². The van der Waals surface area contributed by atoms with Crippen LogP contribution in [0.1, 0.15) is 0 Å². The van der Waals surface area contributed by atoms with Crippen molar-refractivity contribution < 1.29 is 14.6 Å². The van der Waals surface area contributed by atoms with Crippen LogP contribution in [0.3, 0.4) is 0 Å². The van der Waals surface area contributed by atoms with E-state index in [1.807, 2.05) is 0 Å². The Labute approximate surface area is 59.4 Å². The van der Waals surface area contributed by atoms with Crippen LogP contribution in [-0.4, -0.2) is 48.8 Å². The minimum absolute atomic E-state index is 0.0151. The Morgan fingerprint density at radius 1 is 1.80 bits per heavy atom. The lowest BCUT2D eigenvalue weighted by atomic mass is 10.2. The smallest absolute Gasteiger partial charge is 0.210 e. The van der Waals surface area contributed by atoms with Gasteiger partial charge in [0.15, 0.2) is 0 Å². The summed E-state index contributed by atoms with van der Waals surface area (Å²) in [5, 5.41) is 8.71. The second-order valence-electron chi connectivity index (χ2n) is 2.25. The standard InChI is InChI=1S/C6H11NO3/c8-3-6-4-10-2-1-7(6)5-9/h5-6,8H,1-4H2/t6-/m1/s1. The molecule has 1 saturated heterocycles. The summed E-state index contributed by atoms with van der Waals surface area (Å²) in [5.74, 6) is 0. The maximum atomic E-state index is 10.3. The van der Waals surface area contributed by atoms with Gasteiger partial charge < -0.3 is 14.7 Å². The van der Waals surface area contributed by atoms with Crippen molar-refractivity contribution in [2.45, 2.75) is 6.04 Å². The van der Waals surface area contributed by atoms with Gasteiger partial charge in [-0.3, -0.25) is 4.79 Å². The summed E-state index contributed by atoms with van der Waals surface area (Å²) in [6.07, 6.45) is 0.753. The lowest BCUT2D eigenvalue weighted by Crippen LogP contribution is -2.46. The van der Waals surface area contributed by atoms with Gasteiger partial charge in [0, 0.05) is 6.54 Å². The first-order chi connectivity index (χ1) is 4.88. The zero-order valence-corrected chi connectivity index (χ0v) is 5.69. The summed E-state index contributed by atoms with van der Waals surface area (Å²) in [7, 11) is 0. The first kappa shape index (κ1) is 7.50. The largest absolute Gasteiger partial charge is 0.394 e. The van der Waals surface area contributed by atoms with Crippen molar-refractivity contribution in [1.29, 1.82) is 0 Å². The molecule has 0 spiro atoms. The summed E-state index contributed by atoms with van der Waals surface area (Å²) in [5.41, 5.74) is 0. The number of carbonyl (C=O) groups is 1. The summed E-state index contributed by atoms with van der Waals surface area (Å²) in [6, 6.07) is -0.133. The molecule has 0 unspecified atom stereocenters. The number of amides is 1. The van der Waals surface area contributed by atoms with Crippen LogP contribution in [0.5, 0.6) is 0 Å². The van der Waals surface area contributed by atoms with Crippen molar-refractivity contribution in [3.63, 3.8) is 0 Å². The van der Waals surface area contributed by atoms with Crippen LogP contribution in [0.15, 0.2) is 0 Å². The fourth-order valence-corrected chi connectivity index (χ4v) is 0.964. The predicted octanol–water partition coefficient (Wildman–Crippen LogP) is -1.16. The average Bonchev–Trinajstić information content (AvgIpc) is 2.04. The second kappa shape index (κ2) is 3.53. The van der Waals surface area contributed by atoms with Crippen molar-refractivity contribution in [2.75, 3.05) is 26.4 Å². The molecule has 10 heavy (non-hydrogen) atoms. The van der Waals surface area contributed by atoms with Crippen molar-refractivity contribution in [2.24, 2.45) is 0 Å². The van der Waals surface area contributed by atoms with Crippen molar-refractivity contribution in [3.8, 4) is 0 Å². The number of ether oxygens (including phenoxy) is 1. The van der Waals surface area contributed by atoms with E-state index in [4.69, 9.17) is 9.84 Å². The fraction of sp³-hybridized carbons (Fsp3) is 0.833. The maximum absolute atomic E-state index is 10.3. The molecule has 1 rings (SSSR count). The van der Waals surface area contributed by atoms with Crippen LogP contribution >= 0.6 is 0 Å². The van der Waals surface area contributed by atoms with E-state index in [-0.39, 0.29) is 12.6 Å². The van der Waals surface area contributed by atoms with E-state index in [1.54, 1.807) is 4.90 Å². The minimum atomic E-state index is -0.133. The monoisotopic (exact) mass is 145 g/mol. The van der Waals surface area contributed by atoms with E-state index in [9.17, 15) is 4.79 Å². The Kier molecular flexibility index (Phi) is 2.65. The van der Waals surface area contributed by atoms with Gasteiger partial charge in [-0.15, -0.1) is 0 Å². The Bertz CT molecular complexity index is 118. The number of aliphatic hydroxyl groups is 1. The highest BCUT2D eigenvalue weighted by Gasteiger charge is 2.19. The van der Waals surface area contributed by atoms with Crippen molar-refractivity contribution in [3.05, 3.63) is 0 Å². The molecule has 0 saturated carbocycles. The lowest BCUT2D eigenvalue weighted by molar-refractivity contribution is -0.127. The number of hydrogen-bond donors (Lipinski definition) is 1. The quantitative estimate of drug-likeness (QED) is 0.498. The van der Waals surface area contributed by atoms with Gasteiger partial charge in [-0.05, 0) is 0 Å². The number of carbonyl (C=O) groups excluding carboxylic acids is 1. The first-order valence-corrected chi connectivity index (χ1v) is 3.28. The number of morpholine rings is 1. The molecule has 0 aromatic rings. The Balaban J connectivity index is 2.41. The van der Waals surface area contributed by atoms with Crippen LogP contribution in [0.25, 0.3) is 0 Å². The molecule has 1 amide bonds. The molecule has 0 bridgehead atoms. The highest BCUT2D eigenvalue weighted by atomic mass is 16.5. The van der Waals surface area contributed by atoms with Crippen molar-refractivity contribution in [1.82, 2.24) is 4.90 Å². The van der Waals surface area contributed by atoms with Gasteiger partial charge in [0.2, 0.25) is 6.41 Å². The molecule has 0 aliphatic carbocycles. The summed E-state index contributed by atoms with van der Waals surface area (Å²) < 4.78 is 5.04. The van der Waals surface area contributed by atoms with Gasteiger partial charge in [0.25, 0.3) is 0 Å². The van der Waals surface area contributed by atoms with E-state index >= 15 is 0 Å². The van der Waals surface area contributed by atoms with Crippen LogP contribution in [0, 0.1) is 0 Å². The van der Waals surface area contributed by atoms with Gasteiger partial charge >= 0.3 is 0 Å². The number of rotatable bonds is 2. The first-order valence-electron chi connectivity index (χ1n) is 3.28. The van der Waals surface area contributed by atoms with Crippen LogP contribution < -0.4 is 0 Å². The number of hydrogen-bond acceptors (Lipinski definition) is 3. The lowest BCUT2D eigenvalue weighted by Gasteiger charge is -2.30. The van der Waals surface area contributed by atoms with Crippen LogP contribution in [-0.2, 0) is 9.53 Å². The molecule has 0 aromatic heterocycles. The SMILES string of the molecule is O=CN1CCOC[C@H]1CO. The molecule has 4 heteroatoms. The van der Waals surface area contributed by atoms with E-state index in [2.05, 4.69) is 0 Å². The minimum Gasteiger partial charge on any atom is -0.394 e. The molecule has 1 aliphatic heterocycles. The van der Waals surface area contributed by atoms with Gasteiger partial charge in [-0.25, -0.2) is 0 Å². The third kappa shape index (κ3) is 1.46. The summed E-state index contributed by atoms with van der Waals surface area (Å²) in [4.78, 5) is 11.8. The normalized spacial score (nSPS) is 26.5. The second-order valence-corrected chi connectivity index (χ2v) is 2.25. The van der Waals surface area contributed by atoms with Crippen LogP contribution in [0.2, 0.25) is 0 Å². The van der Waals surface area contributed by atoms with E-state index in [1.165, 1.54) is 0 Å². The third-order valence-electron chi connectivity index (χ3n) is 1.62. The molecule has 1 heterocycles. The maximum Gasteiger partial charge on any atom is 0.210 e. The topological polar surface area (TPSA) is 49.8 Å². The van der Waals surface area contributed by atoms with E-state index < -0.39 is 0 Å². The highest BCUT2D eigenvalue weighted by molar-refractivity contribution is 5.47. The van der Waals surface area contributed by atoms with E-state index in [0.29, 0.717) is 19.8 Å². The molecule has 4 nitrogen and oxygen atoms in total. The summed E-state index contributed by atoms with van der Waals surface area (Å²) in [6.45, 7) is 1.61. The van der Waals surface area contributed by atoms with Gasteiger partial charge in [-0.2, -0.15) is 0 Å². The van der Waals surface area contributed by atoms with E-state index in [0.717, 1.165) is 6.41 Å². The Morgan fingerprint density at radius 2 is 2.60 bits per heavy atom. The Morgan fingerprint density at radius 3 is 3.10 bits per heavy atom. The fourth-order valence-electron chi connectivity index (χ4n) is 0.964. The molecule has 1 N–H and O–H groups in total. The molecule has 1 atom stereocenters. The zero-order valence-electron chi connectivity index (χ0n) is 5.69. The number of aliphatic hydroxyl groups excluding tert-OH is 1. The highest BCUT2D eigenvalue weighted by Crippen LogP contribution is 2.02. The molecular formula is C6H11NO3. The van der Waals surface area contributed by atoms with Crippen molar-refractivity contribution >= 4 is 6.41 Å². The molecule has 1 aliphatic rings. The summed E-state index contributed by atoms with van der Waals surface area (Å²) >= 11 is 0.